The number of aryl methyl sites for hydroxylation is 3. The second-order valence-electron chi connectivity index (χ2n) is 7.43. The summed E-state index contributed by atoms with van der Waals surface area (Å²) < 4.78 is 5.58. The van der Waals surface area contributed by atoms with Crippen LogP contribution in [0.15, 0.2) is 64.8 Å². The third-order valence-corrected chi connectivity index (χ3v) is 5.57. The number of amides is 1. The quantitative estimate of drug-likeness (QED) is 0.345. The zero-order valence-corrected chi connectivity index (χ0v) is 17.5. The van der Waals surface area contributed by atoms with Gasteiger partial charge in [0.2, 0.25) is 0 Å². The summed E-state index contributed by atoms with van der Waals surface area (Å²) in [5.41, 5.74) is 3.48. The first-order chi connectivity index (χ1) is 14.3. The maximum Gasteiger partial charge on any atom is 0.300 e. The molecule has 0 radical (unpaired) electrons. The van der Waals surface area contributed by atoms with Crippen LogP contribution in [0, 0.1) is 20.8 Å². The summed E-state index contributed by atoms with van der Waals surface area (Å²) in [6, 6.07) is 13.2. The van der Waals surface area contributed by atoms with Gasteiger partial charge in [0.1, 0.15) is 17.6 Å². The summed E-state index contributed by atoms with van der Waals surface area (Å²) >= 11 is 6.18. The summed E-state index contributed by atoms with van der Waals surface area (Å²) in [4.78, 5) is 27.6. The Morgan fingerprint density at radius 1 is 1.03 bits per heavy atom. The predicted octanol–water partition coefficient (Wildman–Crippen LogP) is 5.48. The number of carbonyl (C=O) groups is 2. The molecule has 2 heterocycles. The minimum absolute atomic E-state index is 0.0111. The number of ketones is 1. The van der Waals surface area contributed by atoms with Gasteiger partial charge < -0.3 is 9.52 Å². The number of rotatable bonds is 3. The maximum atomic E-state index is 13.1. The monoisotopic (exact) mass is 421 g/mol. The van der Waals surface area contributed by atoms with Gasteiger partial charge in [0, 0.05) is 16.3 Å². The molecule has 2 aromatic carbocycles. The summed E-state index contributed by atoms with van der Waals surface area (Å²) in [6.45, 7) is 5.57. The molecule has 1 N–H and O–H groups in total. The Morgan fingerprint density at radius 3 is 2.47 bits per heavy atom. The highest BCUT2D eigenvalue weighted by atomic mass is 35.5. The van der Waals surface area contributed by atoms with Crippen molar-refractivity contribution in [1.82, 2.24) is 0 Å². The third-order valence-electron chi connectivity index (χ3n) is 5.34. The van der Waals surface area contributed by atoms with Crippen LogP contribution in [0.3, 0.4) is 0 Å². The first-order valence-corrected chi connectivity index (χ1v) is 9.85. The van der Waals surface area contributed by atoms with Gasteiger partial charge >= 0.3 is 0 Å². The van der Waals surface area contributed by atoms with Gasteiger partial charge in [-0.3, -0.25) is 14.5 Å². The summed E-state index contributed by atoms with van der Waals surface area (Å²) in [6.07, 6.45) is 1.47. The van der Waals surface area contributed by atoms with Gasteiger partial charge in [-0.1, -0.05) is 35.4 Å². The predicted molar refractivity (Wildman–Crippen MR) is 116 cm³/mol. The smallest absolute Gasteiger partial charge is 0.300 e. The number of aliphatic hydroxyl groups is 1. The van der Waals surface area contributed by atoms with Crippen LogP contribution in [0.25, 0.3) is 5.76 Å². The fourth-order valence-electron chi connectivity index (χ4n) is 3.78. The molecule has 152 valence electrons. The second-order valence-corrected chi connectivity index (χ2v) is 7.87. The lowest BCUT2D eigenvalue weighted by Crippen LogP contribution is -2.30. The Balaban J connectivity index is 1.99. The molecule has 1 aliphatic rings. The minimum Gasteiger partial charge on any atom is -0.507 e. The van der Waals surface area contributed by atoms with Crippen molar-refractivity contribution in [3.63, 3.8) is 0 Å². The Kier molecular flexibility index (Phi) is 5.00. The van der Waals surface area contributed by atoms with Gasteiger partial charge in [-0.25, -0.2) is 0 Å². The average Bonchev–Trinajstić information content (AvgIpc) is 3.33. The van der Waals surface area contributed by atoms with Crippen molar-refractivity contribution in [3.8, 4) is 0 Å². The SMILES string of the molecule is Cc1ccc(C)c(/C(O)=C2/C(=O)C(=O)N(c3cc(Cl)ccc3C)C2c2ccco2)c1. The van der Waals surface area contributed by atoms with Crippen molar-refractivity contribution in [2.75, 3.05) is 4.90 Å². The number of Topliss-reactive ketones (excluding diaryl/α,β-unsaturated/α-hetero) is 1. The van der Waals surface area contributed by atoms with Crippen LogP contribution in [0.5, 0.6) is 0 Å². The van der Waals surface area contributed by atoms with Crippen molar-refractivity contribution in [3.05, 3.63) is 93.4 Å². The highest BCUT2D eigenvalue weighted by molar-refractivity contribution is 6.52. The van der Waals surface area contributed by atoms with E-state index in [0.29, 0.717) is 22.0 Å². The largest absolute Gasteiger partial charge is 0.507 e. The molecule has 3 aromatic rings. The molecule has 0 spiro atoms. The number of carbonyl (C=O) groups excluding carboxylic acids is 2. The summed E-state index contributed by atoms with van der Waals surface area (Å²) in [5.74, 6) is -1.36. The van der Waals surface area contributed by atoms with E-state index in [1.807, 2.05) is 32.9 Å². The van der Waals surface area contributed by atoms with E-state index < -0.39 is 17.7 Å². The standard InChI is InChI=1S/C24H20ClNO4/c1-13-6-7-14(2)17(11-13)22(27)20-21(19-5-4-10-30-19)26(24(29)23(20)28)18-12-16(25)9-8-15(18)3/h4-12,21,27H,1-3H3/b22-20-. The van der Waals surface area contributed by atoms with Crippen molar-refractivity contribution in [2.45, 2.75) is 26.8 Å². The molecule has 1 aliphatic heterocycles. The van der Waals surface area contributed by atoms with Gasteiger partial charge in [-0.2, -0.15) is 0 Å². The van der Waals surface area contributed by atoms with Crippen molar-refractivity contribution in [2.24, 2.45) is 0 Å². The Labute approximate surface area is 179 Å². The van der Waals surface area contributed by atoms with E-state index in [0.717, 1.165) is 16.7 Å². The average molecular weight is 422 g/mol. The maximum absolute atomic E-state index is 13.1. The van der Waals surface area contributed by atoms with Gasteiger partial charge in [0.15, 0.2) is 0 Å². The molecule has 1 unspecified atom stereocenters. The van der Waals surface area contributed by atoms with Gasteiger partial charge in [-0.05, 0) is 62.2 Å². The first kappa shape index (κ1) is 20.0. The molecule has 1 saturated heterocycles. The third kappa shape index (κ3) is 3.21. The van der Waals surface area contributed by atoms with Crippen LogP contribution < -0.4 is 4.90 Å². The van der Waals surface area contributed by atoms with E-state index in [4.69, 9.17) is 16.0 Å². The molecule has 0 aliphatic carbocycles. The molecule has 6 heteroatoms. The van der Waals surface area contributed by atoms with Crippen LogP contribution in [0.2, 0.25) is 5.02 Å². The Morgan fingerprint density at radius 2 is 1.77 bits per heavy atom. The molecule has 4 rings (SSSR count). The minimum atomic E-state index is -0.905. The number of hydrogen-bond acceptors (Lipinski definition) is 4. The molecular weight excluding hydrogens is 402 g/mol. The zero-order chi connectivity index (χ0) is 21.6. The van der Waals surface area contributed by atoms with Crippen molar-refractivity contribution >= 4 is 34.7 Å². The first-order valence-electron chi connectivity index (χ1n) is 9.47. The summed E-state index contributed by atoms with van der Waals surface area (Å²) in [5, 5.41) is 11.6. The van der Waals surface area contributed by atoms with Crippen molar-refractivity contribution < 1.29 is 19.1 Å². The summed E-state index contributed by atoms with van der Waals surface area (Å²) in [7, 11) is 0. The molecular formula is C24H20ClNO4. The van der Waals surface area contributed by atoms with E-state index in [9.17, 15) is 14.7 Å². The van der Waals surface area contributed by atoms with Crippen LogP contribution in [-0.2, 0) is 9.59 Å². The lowest BCUT2D eigenvalue weighted by atomic mass is 9.96. The van der Waals surface area contributed by atoms with Crippen LogP contribution >= 0.6 is 11.6 Å². The topological polar surface area (TPSA) is 70.8 Å². The Bertz CT molecular complexity index is 1190. The molecule has 30 heavy (non-hydrogen) atoms. The van der Waals surface area contributed by atoms with Crippen LogP contribution in [0.4, 0.5) is 5.69 Å². The van der Waals surface area contributed by atoms with Gasteiger partial charge in [0.05, 0.1) is 11.8 Å². The highest BCUT2D eigenvalue weighted by Crippen LogP contribution is 2.44. The van der Waals surface area contributed by atoms with E-state index in [2.05, 4.69) is 0 Å². The molecule has 1 fully saturated rings. The van der Waals surface area contributed by atoms with E-state index in [1.54, 1.807) is 36.4 Å². The van der Waals surface area contributed by atoms with E-state index >= 15 is 0 Å². The molecule has 1 amide bonds. The van der Waals surface area contributed by atoms with E-state index in [1.165, 1.54) is 11.2 Å². The fraction of sp³-hybridized carbons (Fsp3) is 0.167. The van der Waals surface area contributed by atoms with Crippen LogP contribution in [-0.4, -0.2) is 16.8 Å². The molecule has 1 aromatic heterocycles. The lowest BCUT2D eigenvalue weighted by Gasteiger charge is -2.25. The van der Waals surface area contributed by atoms with Crippen molar-refractivity contribution in [1.29, 1.82) is 0 Å². The normalized spacial score (nSPS) is 18.3. The number of aliphatic hydroxyl groups excluding tert-OH is 1. The van der Waals surface area contributed by atoms with E-state index in [-0.39, 0.29) is 11.3 Å². The number of nitrogens with zero attached hydrogens (tertiary/aromatic N) is 1. The molecule has 5 nitrogen and oxygen atoms in total. The highest BCUT2D eigenvalue weighted by Gasteiger charge is 2.48. The number of furan rings is 1. The van der Waals surface area contributed by atoms with Gasteiger partial charge in [0.25, 0.3) is 11.7 Å². The molecule has 0 saturated carbocycles. The number of hydrogen-bond donors (Lipinski definition) is 1. The number of anilines is 1. The molecule has 0 bridgehead atoms. The Hall–Kier alpha value is -3.31. The van der Waals surface area contributed by atoms with Crippen LogP contribution in [0.1, 0.15) is 34.1 Å². The number of halogens is 1. The molecule has 1 atom stereocenters. The second kappa shape index (κ2) is 7.50. The zero-order valence-electron chi connectivity index (χ0n) is 16.8. The van der Waals surface area contributed by atoms with Gasteiger partial charge in [-0.15, -0.1) is 0 Å². The fourth-order valence-corrected chi connectivity index (χ4v) is 3.94. The number of benzene rings is 2. The lowest BCUT2D eigenvalue weighted by molar-refractivity contribution is -0.132.